The Morgan fingerprint density at radius 1 is 1.24 bits per heavy atom. The van der Waals surface area contributed by atoms with Gasteiger partial charge in [-0.2, -0.15) is 0 Å². The number of nitro groups is 1. The molecule has 0 aliphatic rings. The summed E-state index contributed by atoms with van der Waals surface area (Å²) in [4.78, 5) is 22.0. The van der Waals surface area contributed by atoms with Gasteiger partial charge in [0.1, 0.15) is 0 Å². The van der Waals surface area contributed by atoms with Crippen molar-refractivity contribution in [2.24, 2.45) is 0 Å². The average Bonchev–Trinajstić information content (AvgIpc) is 2.46. The van der Waals surface area contributed by atoms with E-state index in [1.165, 1.54) is 18.2 Å². The number of nitro benzene ring substituents is 1. The molecule has 0 bridgehead atoms. The van der Waals surface area contributed by atoms with Crippen LogP contribution in [0.3, 0.4) is 0 Å². The van der Waals surface area contributed by atoms with E-state index in [0.717, 1.165) is 0 Å². The summed E-state index contributed by atoms with van der Waals surface area (Å²) in [7, 11) is 0. The molecule has 0 radical (unpaired) electrons. The van der Waals surface area contributed by atoms with Crippen molar-refractivity contribution in [3.63, 3.8) is 0 Å². The van der Waals surface area contributed by atoms with Crippen molar-refractivity contribution < 1.29 is 14.8 Å². The minimum Gasteiger partial charge on any atom is -0.481 e. The predicted octanol–water partition coefficient (Wildman–Crippen LogP) is 3.66. The first-order chi connectivity index (χ1) is 9.99. The predicted molar refractivity (Wildman–Crippen MR) is 78.6 cm³/mol. The Balaban J connectivity index is 2.39. The summed E-state index contributed by atoms with van der Waals surface area (Å²) in [6.07, 6.45) is 0.0346. The zero-order valence-corrected chi connectivity index (χ0v) is 11.7. The van der Waals surface area contributed by atoms with Crippen LogP contribution in [0.5, 0.6) is 0 Å². The summed E-state index contributed by atoms with van der Waals surface area (Å²) in [5.41, 5.74) is 0.791. The van der Waals surface area contributed by atoms with Gasteiger partial charge in [-0.05, 0) is 18.1 Å². The molecule has 0 heterocycles. The fourth-order valence-corrected chi connectivity index (χ4v) is 2.30. The molecule has 1 N–H and O–H groups in total. The smallest absolute Gasteiger partial charge is 0.311 e. The third kappa shape index (κ3) is 3.58. The maximum atomic E-state index is 11.5. The molecule has 6 heteroatoms. The van der Waals surface area contributed by atoms with Crippen LogP contribution in [-0.4, -0.2) is 16.0 Å². The summed E-state index contributed by atoms with van der Waals surface area (Å²) in [5.74, 6) is -1.86. The van der Waals surface area contributed by atoms with Crippen LogP contribution >= 0.6 is 11.6 Å². The number of aliphatic carboxylic acids is 1. The van der Waals surface area contributed by atoms with Gasteiger partial charge in [-0.1, -0.05) is 48.0 Å². The number of carboxylic acid groups (broad SMARTS) is 1. The number of rotatable bonds is 5. The van der Waals surface area contributed by atoms with Gasteiger partial charge < -0.3 is 5.11 Å². The van der Waals surface area contributed by atoms with E-state index >= 15 is 0 Å². The number of carboxylic acids is 1. The van der Waals surface area contributed by atoms with E-state index in [9.17, 15) is 20.0 Å². The summed E-state index contributed by atoms with van der Waals surface area (Å²) in [5, 5.41) is 20.7. The van der Waals surface area contributed by atoms with Crippen molar-refractivity contribution in [2.75, 3.05) is 0 Å². The van der Waals surface area contributed by atoms with E-state index < -0.39 is 16.8 Å². The van der Waals surface area contributed by atoms with Crippen molar-refractivity contribution in [1.29, 1.82) is 0 Å². The number of halogens is 1. The van der Waals surface area contributed by atoms with Crippen molar-refractivity contribution >= 4 is 23.3 Å². The van der Waals surface area contributed by atoms with Crippen LogP contribution in [0.1, 0.15) is 17.0 Å². The minimum atomic E-state index is -1.02. The molecule has 0 aromatic heterocycles. The fourth-order valence-electron chi connectivity index (χ4n) is 2.13. The topological polar surface area (TPSA) is 80.4 Å². The lowest BCUT2D eigenvalue weighted by Gasteiger charge is -2.13. The summed E-state index contributed by atoms with van der Waals surface area (Å²) >= 11 is 5.76. The molecule has 2 aromatic rings. The van der Waals surface area contributed by atoms with Gasteiger partial charge in [0.2, 0.25) is 0 Å². The highest BCUT2D eigenvalue weighted by molar-refractivity contribution is 6.30. The largest absolute Gasteiger partial charge is 0.481 e. The highest BCUT2D eigenvalue weighted by Crippen LogP contribution is 2.29. The zero-order valence-electron chi connectivity index (χ0n) is 10.9. The Hall–Kier alpha value is -2.40. The van der Waals surface area contributed by atoms with E-state index in [1.54, 1.807) is 30.3 Å². The van der Waals surface area contributed by atoms with Gasteiger partial charge in [-0.15, -0.1) is 0 Å². The molecule has 0 amide bonds. The Bertz CT molecular complexity index is 673. The van der Waals surface area contributed by atoms with Crippen molar-refractivity contribution in [3.05, 3.63) is 74.8 Å². The van der Waals surface area contributed by atoms with Crippen LogP contribution in [0, 0.1) is 10.1 Å². The van der Waals surface area contributed by atoms with Crippen LogP contribution in [-0.2, 0) is 11.2 Å². The highest BCUT2D eigenvalue weighted by Gasteiger charge is 2.24. The lowest BCUT2D eigenvalue weighted by atomic mass is 9.91. The number of hydrogen-bond donors (Lipinski definition) is 1. The van der Waals surface area contributed by atoms with E-state index in [1.807, 2.05) is 0 Å². The quantitative estimate of drug-likeness (QED) is 0.675. The van der Waals surface area contributed by atoms with Crippen molar-refractivity contribution in [2.45, 2.75) is 12.3 Å². The molecule has 2 rings (SSSR count). The second kappa shape index (κ2) is 6.37. The first-order valence-corrected chi connectivity index (χ1v) is 6.57. The van der Waals surface area contributed by atoms with Gasteiger partial charge in [0, 0.05) is 16.7 Å². The number of nitrogens with zero attached hydrogens (tertiary/aromatic N) is 1. The third-order valence-electron chi connectivity index (χ3n) is 3.17. The number of hydrogen-bond acceptors (Lipinski definition) is 3. The Labute approximate surface area is 125 Å². The Kier molecular flexibility index (Phi) is 4.55. The lowest BCUT2D eigenvalue weighted by Crippen LogP contribution is -2.15. The molecule has 0 aliphatic heterocycles. The molecule has 0 saturated heterocycles. The Morgan fingerprint density at radius 3 is 2.48 bits per heavy atom. The van der Waals surface area contributed by atoms with Gasteiger partial charge in [0.05, 0.1) is 10.8 Å². The molecule has 5 nitrogen and oxygen atoms in total. The van der Waals surface area contributed by atoms with Gasteiger partial charge >= 0.3 is 5.97 Å². The standard InChI is InChI=1S/C15H12ClNO4/c16-12-7-6-11(14(9-12)17(20)21)8-13(15(18)19)10-4-2-1-3-5-10/h1-7,9,13H,8H2,(H,18,19). The zero-order chi connectivity index (χ0) is 15.4. The second-order valence-electron chi connectivity index (χ2n) is 4.54. The van der Waals surface area contributed by atoms with Gasteiger partial charge in [0.25, 0.3) is 5.69 Å². The molecule has 1 unspecified atom stereocenters. The van der Waals surface area contributed by atoms with E-state index in [2.05, 4.69) is 0 Å². The Morgan fingerprint density at radius 2 is 1.90 bits per heavy atom. The van der Waals surface area contributed by atoms with Gasteiger partial charge in [-0.25, -0.2) is 0 Å². The average molecular weight is 306 g/mol. The first-order valence-electron chi connectivity index (χ1n) is 6.19. The van der Waals surface area contributed by atoms with Crippen LogP contribution in [0.2, 0.25) is 5.02 Å². The second-order valence-corrected chi connectivity index (χ2v) is 4.97. The van der Waals surface area contributed by atoms with E-state index in [4.69, 9.17) is 11.6 Å². The van der Waals surface area contributed by atoms with Gasteiger partial charge in [-0.3, -0.25) is 14.9 Å². The van der Waals surface area contributed by atoms with Crippen LogP contribution in [0.15, 0.2) is 48.5 Å². The monoisotopic (exact) mass is 305 g/mol. The normalized spacial score (nSPS) is 11.9. The molecule has 1 atom stereocenters. The lowest BCUT2D eigenvalue weighted by molar-refractivity contribution is -0.385. The maximum absolute atomic E-state index is 11.5. The number of benzene rings is 2. The van der Waals surface area contributed by atoms with Crippen molar-refractivity contribution in [1.82, 2.24) is 0 Å². The van der Waals surface area contributed by atoms with E-state index in [-0.39, 0.29) is 17.1 Å². The maximum Gasteiger partial charge on any atom is 0.311 e. The molecule has 2 aromatic carbocycles. The summed E-state index contributed by atoms with van der Waals surface area (Å²) in [6, 6.07) is 12.9. The molecule has 0 saturated carbocycles. The minimum absolute atomic E-state index is 0.0346. The van der Waals surface area contributed by atoms with Crippen LogP contribution in [0.4, 0.5) is 5.69 Å². The molecule has 0 spiro atoms. The van der Waals surface area contributed by atoms with E-state index in [0.29, 0.717) is 11.1 Å². The van der Waals surface area contributed by atoms with Crippen molar-refractivity contribution in [3.8, 4) is 0 Å². The van der Waals surface area contributed by atoms with Crippen LogP contribution < -0.4 is 0 Å². The third-order valence-corrected chi connectivity index (χ3v) is 3.40. The summed E-state index contributed by atoms with van der Waals surface area (Å²) in [6.45, 7) is 0. The molecular weight excluding hydrogens is 294 g/mol. The molecule has 0 fully saturated rings. The fraction of sp³-hybridized carbons (Fsp3) is 0.133. The molecular formula is C15H12ClNO4. The van der Waals surface area contributed by atoms with Gasteiger partial charge in [0.15, 0.2) is 0 Å². The first kappa shape index (κ1) is 15.0. The molecule has 108 valence electrons. The van der Waals surface area contributed by atoms with Crippen LogP contribution in [0.25, 0.3) is 0 Å². The molecule has 0 aliphatic carbocycles. The number of carbonyl (C=O) groups is 1. The summed E-state index contributed by atoms with van der Waals surface area (Å²) < 4.78 is 0. The highest BCUT2D eigenvalue weighted by atomic mass is 35.5. The SMILES string of the molecule is O=C(O)C(Cc1ccc(Cl)cc1[N+](=O)[O-])c1ccccc1. The molecule has 21 heavy (non-hydrogen) atoms.